The first kappa shape index (κ1) is 19.5. The van der Waals surface area contributed by atoms with Crippen molar-refractivity contribution < 1.29 is 22.3 Å². The van der Waals surface area contributed by atoms with Crippen LogP contribution in [0.3, 0.4) is 0 Å². The van der Waals surface area contributed by atoms with Gasteiger partial charge in [0.25, 0.3) is 11.8 Å². The summed E-state index contributed by atoms with van der Waals surface area (Å²) in [6.45, 7) is 0. The van der Waals surface area contributed by atoms with Gasteiger partial charge in [-0.1, -0.05) is 18.2 Å². The van der Waals surface area contributed by atoms with Crippen LogP contribution in [0.2, 0.25) is 0 Å². The highest BCUT2D eigenvalue weighted by molar-refractivity contribution is 7.88. The molecule has 7 nitrogen and oxygen atoms in total. The Kier molecular flexibility index (Phi) is 6.22. The molecule has 1 heterocycles. The second-order valence-electron chi connectivity index (χ2n) is 6.43. The Balaban J connectivity index is 1.52. The second kappa shape index (κ2) is 8.62. The van der Waals surface area contributed by atoms with E-state index in [-0.39, 0.29) is 23.5 Å². The molecule has 3 rings (SSSR count). The first-order valence-corrected chi connectivity index (χ1v) is 10.4. The minimum Gasteiger partial charge on any atom is -0.477 e. The molecule has 27 heavy (non-hydrogen) atoms. The van der Waals surface area contributed by atoms with Crippen molar-refractivity contribution in [1.29, 1.82) is 0 Å². The lowest BCUT2D eigenvalue weighted by molar-refractivity contribution is 0.132. The molecule has 9 heteroatoms. The van der Waals surface area contributed by atoms with E-state index >= 15 is 0 Å². The molecule has 0 spiro atoms. The Morgan fingerprint density at radius 3 is 2.44 bits per heavy atom. The van der Waals surface area contributed by atoms with Crippen molar-refractivity contribution in [1.82, 2.24) is 14.7 Å². The van der Waals surface area contributed by atoms with Gasteiger partial charge in [0.1, 0.15) is 11.9 Å². The highest BCUT2D eigenvalue weighted by Gasteiger charge is 2.27. The summed E-state index contributed by atoms with van der Waals surface area (Å²) >= 11 is 0. The molecule has 1 aromatic heterocycles. The summed E-state index contributed by atoms with van der Waals surface area (Å²) in [5.74, 6) is -0.223. The van der Waals surface area contributed by atoms with Crippen molar-refractivity contribution in [2.24, 2.45) is 0 Å². The van der Waals surface area contributed by atoms with Gasteiger partial charge in [0.15, 0.2) is 0 Å². The Morgan fingerprint density at radius 1 is 1.11 bits per heavy atom. The van der Waals surface area contributed by atoms with Crippen LogP contribution in [0.1, 0.15) is 31.2 Å². The Bertz CT molecular complexity index is 870. The number of aromatic nitrogens is 2. The first-order valence-electron chi connectivity index (χ1n) is 8.72. The van der Waals surface area contributed by atoms with Crippen molar-refractivity contribution in [2.45, 2.75) is 43.6 Å². The number of halogens is 1. The second-order valence-corrected chi connectivity index (χ2v) is 8.18. The van der Waals surface area contributed by atoms with E-state index in [1.807, 2.05) is 0 Å². The topological polar surface area (TPSA) is 90.4 Å². The van der Waals surface area contributed by atoms with Gasteiger partial charge in [-0.05, 0) is 31.7 Å². The molecule has 0 unspecified atom stereocenters. The molecule has 0 radical (unpaired) electrons. The van der Waals surface area contributed by atoms with Crippen molar-refractivity contribution >= 4 is 10.0 Å². The van der Waals surface area contributed by atoms with Crippen LogP contribution in [0.5, 0.6) is 11.8 Å². The Hall–Kier alpha value is -2.26. The third kappa shape index (κ3) is 5.36. The maximum atomic E-state index is 13.7. The summed E-state index contributed by atoms with van der Waals surface area (Å²) in [6.07, 6.45) is 5.57. The fourth-order valence-corrected chi connectivity index (χ4v) is 4.58. The van der Waals surface area contributed by atoms with E-state index in [4.69, 9.17) is 9.47 Å². The standard InChI is InChI=1S/C18H22FN3O4S/c1-25-17-18(21-11-10-20-17)26-15-8-6-14(7-9-15)22-27(23,24)12-13-4-2-3-5-16(13)19/h2-5,10-11,14-15,22H,6-9,12H2,1H3. The monoisotopic (exact) mass is 395 g/mol. The Morgan fingerprint density at radius 2 is 1.78 bits per heavy atom. The molecule has 1 fully saturated rings. The molecule has 0 bridgehead atoms. The third-order valence-electron chi connectivity index (χ3n) is 4.43. The number of nitrogens with zero attached hydrogens (tertiary/aromatic N) is 2. The van der Waals surface area contributed by atoms with E-state index in [2.05, 4.69) is 14.7 Å². The van der Waals surface area contributed by atoms with Crippen LogP contribution in [-0.4, -0.2) is 37.6 Å². The zero-order chi connectivity index (χ0) is 19.3. The lowest BCUT2D eigenvalue weighted by Crippen LogP contribution is -2.40. The summed E-state index contributed by atoms with van der Waals surface area (Å²) in [6, 6.07) is 5.70. The number of rotatable bonds is 7. The van der Waals surface area contributed by atoms with Gasteiger partial charge in [-0.15, -0.1) is 0 Å². The lowest BCUT2D eigenvalue weighted by atomic mass is 9.94. The van der Waals surface area contributed by atoms with E-state index in [9.17, 15) is 12.8 Å². The van der Waals surface area contributed by atoms with Crippen molar-refractivity contribution in [2.75, 3.05) is 7.11 Å². The zero-order valence-electron chi connectivity index (χ0n) is 15.0. The van der Waals surface area contributed by atoms with Crippen LogP contribution in [0.4, 0.5) is 4.39 Å². The summed E-state index contributed by atoms with van der Waals surface area (Å²) in [5, 5.41) is 0. The quantitative estimate of drug-likeness (QED) is 0.774. The molecule has 0 saturated heterocycles. The molecule has 2 aromatic rings. The molecule has 0 aliphatic heterocycles. The van der Waals surface area contributed by atoms with Crippen LogP contribution >= 0.6 is 0 Å². The molecular weight excluding hydrogens is 373 g/mol. The third-order valence-corrected chi connectivity index (χ3v) is 5.81. The van der Waals surface area contributed by atoms with Crippen LogP contribution in [0, 0.1) is 5.82 Å². The maximum absolute atomic E-state index is 13.7. The zero-order valence-corrected chi connectivity index (χ0v) is 15.8. The van der Waals surface area contributed by atoms with E-state index in [1.165, 1.54) is 37.7 Å². The minimum absolute atomic E-state index is 0.0806. The average molecular weight is 395 g/mol. The number of benzene rings is 1. The largest absolute Gasteiger partial charge is 0.477 e. The van der Waals surface area contributed by atoms with Gasteiger partial charge in [0.2, 0.25) is 10.0 Å². The highest BCUT2D eigenvalue weighted by atomic mass is 32.2. The summed E-state index contributed by atoms with van der Waals surface area (Å²) < 4.78 is 52.0. The molecule has 146 valence electrons. The number of hydrogen-bond acceptors (Lipinski definition) is 6. The summed E-state index contributed by atoms with van der Waals surface area (Å²) in [5.41, 5.74) is 0.164. The van der Waals surface area contributed by atoms with Crippen LogP contribution in [-0.2, 0) is 15.8 Å². The van der Waals surface area contributed by atoms with Gasteiger partial charge >= 0.3 is 0 Å². The normalized spacial score (nSPS) is 20.2. The number of hydrogen-bond donors (Lipinski definition) is 1. The summed E-state index contributed by atoms with van der Waals surface area (Å²) in [4.78, 5) is 8.16. The predicted octanol–water partition coefficient (Wildman–Crippen LogP) is 2.43. The van der Waals surface area contributed by atoms with Crippen molar-refractivity contribution in [3.63, 3.8) is 0 Å². The minimum atomic E-state index is -3.62. The molecule has 0 atom stereocenters. The Labute approximate surface area is 158 Å². The molecular formula is C18H22FN3O4S. The first-order chi connectivity index (χ1) is 13.0. The predicted molar refractivity (Wildman–Crippen MR) is 97.4 cm³/mol. The van der Waals surface area contributed by atoms with Gasteiger partial charge in [0.05, 0.1) is 12.9 Å². The van der Waals surface area contributed by atoms with Gasteiger partial charge in [0, 0.05) is 24.0 Å². The van der Waals surface area contributed by atoms with Gasteiger partial charge in [-0.25, -0.2) is 27.5 Å². The van der Waals surface area contributed by atoms with Crippen LogP contribution < -0.4 is 14.2 Å². The number of ether oxygens (including phenoxy) is 2. The lowest BCUT2D eigenvalue weighted by Gasteiger charge is -2.29. The van der Waals surface area contributed by atoms with Crippen molar-refractivity contribution in [3.05, 3.63) is 48.0 Å². The van der Waals surface area contributed by atoms with E-state index in [1.54, 1.807) is 6.07 Å². The number of sulfonamides is 1. The van der Waals surface area contributed by atoms with Gasteiger partial charge < -0.3 is 9.47 Å². The SMILES string of the molecule is COc1nccnc1OC1CCC(NS(=O)(=O)Cc2ccccc2F)CC1. The molecule has 1 aliphatic rings. The van der Waals surface area contributed by atoms with Crippen LogP contribution in [0.15, 0.2) is 36.7 Å². The van der Waals surface area contributed by atoms with E-state index in [0.29, 0.717) is 37.4 Å². The van der Waals surface area contributed by atoms with E-state index < -0.39 is 15.8 Å². The number of methoxy groups -OCH3 is 1. The smallest absolute Gasteiger partial charge is 0.278 e. The van der Waals surface area contributed by atoms with E-state index in [0.717, 1.165) is 0 Å². The summed E-state index contributed by atoms with van der Waals surface area (Å²) in [7, 11) is -2.12. The van der Waals surface area contributed by atoms with Crippen LogP contribution in [0.25, 0.3) is 0 Å². The fourth-order valence-electron chi connectivity index (χ4n) is 3.11. The molecule has 0 amide bonds. The molecule has 1 aromatic carbocycles. The average Bonchev–Trinajstić information content (AvgIpc) is 2.65. The highest BCUT2D eigenvalue weighted by Crippen LogP contribution is 2.27. The number of nitrogens with one attached hydrogen (secondary N) is 1. The maximum Gasteiger partial charge on any atom is 0.278 e. The van der Waals surface area contributed by atoms with Gasteiger partial charge in [-0.3, -0.25) is 0 Å². The molecule has 1 N–H and O–H groups in total. The van der Waals surface area contributed by atoms with Crippen molar-refractivity contribution in [3.8, 4) is 11.8 Å². The fraction of sp³-hybridized carbons (Fsp3) is 0.444. The molecule has 1 aliphatic carbocycles. The molecule has 1 saturated carbocycles. The van der Waals surface area contributed by atoms with Gasteiger partial charge in [-0.2, -0.15) is 0 Å².